The monoisotopic (exact) mass is 158 g/mol. The molecule has 0 aromatic carbocycles. The zero-order valence-corrected chi connectivity index (χ0v) is 6.72. The highest BCUT2D eigenvalue weighted by Crippen LogP contribution is 2.15. The maximum absolute atomic E-state index is 11.1. The zero-order chi connectivity index (χ0) is 8.32. The summed E-state index contributed by atoms with van der Waals surface area (Å²) in [6, 6.07) is 0. The Hall–Kier alpha value is -0.610. The van der Waals surface area contributed by atoms with Crippen LogP contribution in [0.2, 0.25) is 0 Å². The number of ether oxygens (including phenoxy) is 1. The molecule has 0 saturated carbocycles. The Labute approximate surface area is 66.1 Å². The summed E-state index contributed by atoms with van der Waals surface area (Å²) >= 11 is 0. The average molecular weight is 158 g/mol. The summed E-state index contributed by atoms with van der Waals surface area (Å²) < 4.78 is 4.60. The lowest BCUT2D eigenvalue weighted by molar-refractivity contribution is -0.148. The molecular weight excluding hydrogens is 144 g/mol. The predicted octanol–water partition coefficient (Wildman–Crippen LogP) is -0.760. The summed E-state index contributed by atoms with van der Waals surface area (Å²) in [6.07, 6.45) is 1.33. The van der Waals surface area contributed by atoms with Gasteiger partial charge in [-0.1, -0.05) is 0 Å². The van der Waals surface area contributed by atoms with Crippen molar-refractivity contribution < 1.29 is 9.53 Å². The number of carbonyl (C=O) groups is 1. The molecule has 3 N–H and O–H groups in total. The maximum atomic E-state index is 11.1. The minimum Gasteiger partial charge on any atom is -0.468 e. The van der Waals surface area contributed by atoms with E-state index in [2.05, 4.69) is 10.1 Å². The maximum Gasteiger partial charge on any atom is 0.325 e. The van der Waals surface area contributed by atoms with Gasteiger partial charge in [0.05, 0.1) is 7.11 Å². The zero-order valence-electron chi connectivity index (χ0n) is 6.72. The molecule has 0 aromatic rings. The average Bonchev–Trinajstić information content (AvgIpc) is 2.04. The third-order valence-corrected chi connectivity index (χ3v) is 2.09. The Morgan fingerprint density at radius 2 is 2.09 bits per heavy atom. The van der Waals surface area contributed by atoms with Crippen molar-refractivity contribution >= 4 is 5.97 Å². The SMILES string of the molecule is COC(=O)C1(N)CCNCC1. The quantitative estimate of drug-likeness (QED) is 0.492. The lowest BCUT2D eigenvalue weighted by atomic mass is 9.90. The molecule has 1 rings (SSSR count). The van der Waals surface area contributed by atoms with Crippen LogP contribution in [0.3, 0.4) is 0 Å². The second-order valence-corrected chi connectivity index (χ2v) is 2.90. The molecule has 64 valence electrons. The fourth-order valence-corrected chi connectivity index (χ4v) is 1.28. The lowest BCUT2D eigenvalue weighted by Gasteiger charge is -2.30. The van der Waals surface area contributed by atoms with Crippen molar-refractivity contribution in [3.8, 4) is 0 Å². The van der Waals surface area contributed by atoms with Gasteiger partial charge in [0.15, 0.2) is 0 Å². The summed E-state index contributed by atoms with van der Waals surface area (Å²) in [5.41, 5.74) is 5.06. The minimum absolute atomic E-state index is 0.293. The predicted molar refractivity (Wildman–Crippen MR) is 41.0 cm³/mol. The van der Waals surface area contributed by atoms with E-state index in [0.717, 1.165) is 13.1 Å². The third kappa shape index (κ3) is 1.70. The van der Waals surface area contributed by atoms with Gasteiger partial charge in [0, 0.05) is 0 Å². The highest BCUT2D eigenvalue weighted by Gasteiger charge is 2.36. The summed E-state index contributed by atoms with van der Waals surface area (Å²) in [5.74, 6) is -0.293. The number of hydrogen-bond donors (Lipinski definition) is 2. The highest BCUT2D eigenvalue weighted by molar-refractivity contribution is 5.80. The van der Waals surface area contributed by atoms with Gasteiger partial charge >= 0.3 is 5.97 Å². The van der Waals surface area contributed by atoms with Gasteiger partial charge < -0.3 is 15.8 Å². The number of rotatable bonds is 1. The van der Waals surface area contributed by atoms with E-state index in [-0.39, 0.29) is 5.97 Å². The van der Waals surface area contributed by atoms with Gasteiger partial charge in [-0.3, -0.25) is 4.79 Å². The van der Waals surface area contributed by atoms with Gasteiger partial charge in [0.1, 0.15) is 5.54 Å². The van der Waals surface area contributed by atoms with E-state index in [9.17, 15) is 4.79 Å². The fraction of sp³-hybridized carbons (Fsp3) is 0.857. The van der Waals surface area contributed by atoms with Crippen molar-refractivity contribution in [1.82, 2.24) is 5.32 Å². The van der Waals surface area contributed by atoms with Crippen molar-refractivity contribution in [3.05, 3.63) is 0 Å². The summed E-state index contributed by atoms with van der Waals surface area (Å²) in [6.45, 7) is 1.59. The van der Waals surface area contributed by atoms with Gasteiger partial charge in [-0.2, -0.15) is 0 Å². The molecule has 0 radical (unpaired) electrons. The van der Waals surface area contributed by atoms with Gasteiger partial charge in [-0.05, 0) is 25.9 Å². The highest BCUT2D eigenvalue weighted by atomic mass is 16.5. The third-order valence-electron chi connectivity index (χ3n) is 2.09. The first-order chi connectivity index (χ1) is 5.19. The molecule has 0 spiro atoms. The molecule has 0 bridgehead atoms. The lowest BCUT2D eigenvalue weighted by Crippen LogP contribution is -2.55. The Kier molecular flexibility index (Phi) is 2.46. The standard InChI is InChI=1S/C7H14N2O2/c1-11-6(10)7(8)2-4-9-5-3-7/h9H,2-5,8H2,1H3. The van der Waals surface area contributed by atoms with Crippen LogP contribution in [0.15, 0.2) is 0 Å². The van der Waals surface area contributed by atoms with Gasteiger partial charge in [0.2, 0.25) is 0 Å². The molecule has 0 atom stereocenters. The Balaban J connectivity index is 2.56. The normalized spacial score (nSPS) is 22.7. The van der Waals surface area contributed by atoms with E-state index in [0.29, 0.717) is 12.8 Å². The Morgan fingerprint density at radius 1 is 1.55 bits per heavy atom. The van der Waals surface area contributed by atoms with Crippen molar-refractivity contribution in [2.24, 2.45) is 5.73 Å². The van der Waals surface area contributed by atoms with Crippen molar-refractivity contribution in [2.75, 3.05) is 20.2 Å². The minimum atomic E-state index is -0.736. The molecule has 4 heteroatoms. The van der Waals surface area contributed by atoms with Crippen LogP contribution in [0.4, 0.5) is 0 Å². The Bertz CT molecular complexity index is 153. The molecule has 0 aromatic heterocycles. The molecule has 0 unspecified atom stereocenters. The van der Waals surface area contributed by atoms with Crippen LogP contribution in [0.1, 0.15) is 12.8 Å². The van der Waals surface area contributed by atoms with Crippen molar-refractivity contribution in [1.29, 1.82) is 0 Å². The van der Waals surface area contributed by atoms with Gasteiger partial charge in [-0.25, -0.2) is 0 Å². The first-order valence-corrected chi connectivity index (χ1v) is 3.77. The van der Waals surface area contributed by atoms with E-state index in [1.165, 1.54) is 7.11 Å². The van der Waals surface area contributed by atoms with Crippen LogP contribution in [0.25, 0.3) is 0 Å². The number of hydrogen-bond acceptors (Lipinski definition) is 4. The number of nitrogens with two attached hydrogens (primary N) is 1. The van der Waals surface area contributed by atoms with E-state index in [4.69, 9.17) is 5.73 Å². The number of methoxy groups -OCH3 is 1. The Morgan fingerprint density at radius 3 is 2.55 bits per heavy atom. The smallest absolute Gasteiger partial charge is 0.325 e. The van der Waals surface area contributed by atoms with Crippen LogP contribution < -0.4 is 11.1 Å². The van der Waals surface area contributed by atoms with Crippen LogP contribution in [-0.2, 0) is 9.53 Å². The number of nitrogens with one attached hydrogen (secondary N) is 1. The molecule has 0 aliphatic carbocycles. The molecule has 4 nitrogen and oxygen atoms in total. The molecule has 0 amide bonds. The van der Waals surface area contributed by atoms with Crippen molar-refractivity contribution in [3.63, 3.8) is 0 Å². The number of piperidine rings is 1. The fourth-order valence-electron chi connectivity index (χ4n) is 1.28. The van der Waals surface area contributed by atoms with Crippen LogP contribution in [-0.4, -0.2) is 31.7 Å². The topological polar surface area (TPSA) is 64.3 Å². The van der Waals surface area contributed by atoms with E-state index < -0.39 is 5.54 Å². The number of carbonyl (C=O) groups excluding carboxylic acids is 1. The van der Waals surface area contributed by atoms with Crippen LogP contribution in [0, 0.1) is 0 Å². The van der Waals surface area contributed by atoms with Crippen LogP contribution in [0.5, 0.6) is 0 Å². The van der Waals surface area contributed by atoms with Crippen molar-refractivity contribution in [2.45, 2.75) is 18.4 Å². The van der Waals surface area contributed by atoms with Gasteiger partial charge in [-0.15, -0.1) is 0 Å². The van der Waals surface area contributed by atoms with Gasteiger partial charge in [0.25, 0.3) is 0 Å². The number of esters is 1. The molecule has 1 heterocycles. The second-order valence-electron chi connectivity index (χ2n) is 2.90. The first-order valence-electron chi connectivity index (χ1n) is 3.77. The molecule has 1 aliphatic rings. The molecule has 11 heavy (non-hydrogen) atoms. The van der Waals surface area contributed by atoms with E-state index in [1.54, 1.807) is 0 Å². The van der Waals surface area contributed by atoms with E-state index in [1.807, 2.05) is 0 Å². The summed E-state index contributed by atoms with van der Waals surface area (Å²) in [5, 5.41) is 3.13. The summed E-state index contributed by atoms with van der Waals surface area (Å²) in [7, 11) is 1.37. The molecule has 1 fully saturated rings. The van der Waals surface area contributed by atoms with E-state index >= 15 is 0 Å². The molecule has 1 saturated heterocycles. The first kappa shape index (κ1) is 8.49. The molecule has 1 aliphatic heterocycles. The largest absolute Gasteiger partial charge is 0.468 e. The summed E-state index contributed by atoms with van der Waals surface area (Å²) in [4.78, 5) is 11.1. The molecular formula is C7H14N2O2. The van der Waals surface area contributed by atoms with Crippen LogP contribution >= 0.6 is 0 Å². The second kappa shape index (κ2) is 3.19.